The average Bonchev–Trinajstić information content (AvgIpc) is 2.64. The van der Waals surface area contributed by atoms with E-state index in [0.717, 1.165) is 0 Å². The van der Waals surface area contributed by atoms with Gasteiger partial charge in [-0.15, -0.1) is 6.42 Å². The van der Waals surface area contributed by atoms with Crippen molar-refractivity contribution >= 4 is 5.82 Å². The molecule has 1 aromatic heterocycles. The van der Waals surface area contributed by atoms with Crippen molar-refractivity contribution in [2.45, 2.75) is 24.0 Å². The zero-order chi connectivity index (χ0) is 14.0. The van der Waals surface area contributed by atoms with E-state index in [1.54, 1.807) is 0 Å². The standard InChI is InChI=1S/C11H13N3O5/c1-2-11(18)6(5-15)19-9(8(11)16)13-7-3-4-12-10(17)14-7/h1,3-4,6,8-9,15-16,18H,5H2,(H2,12,13,14,17)/t6-,8-,9-,11-/m1/s1. The molecule has 0 aromatic carbocycles. The Morgan fingerprint density at radius 3 is 2.95 bits per heavy atom. The van der Waals surface area contributed by atoms with Crippen LogP contribution in [0.15, 0.2) is 17.1 Å². The zero-order valence-corrected chi connectivity index (χ0v) is 9.78. The Balaban J connectivity index is 2.19. The van der Waals surface area contributed by atoms with Gasteiger partial charge >= 0.3 is 5.69 Å². The monoisotopic (exact) mass is 267 g/mol. The minimum Gasteiger partial charge on any atom is -0.394 e. The van der Waals surface area contributed by atoms with E-state index in [4.69, 9.17) is 16.3 Å². The fraction of sp³-hybridized carbons (Fsp3) is 0.455. The van der Waals surface area contributed by atoms with Crippen molar-refractivity contribution in [1.82, 2.24) is 9.97 Å². The third-order valence-corrected chi connectivity index (χ3v) is 2.91. The Labute approximate surface area is 108 Å². The third kappa shape index (κ3) is 2.32. The Morgan fingerprint density at radius 2 is 2.42 bits per heavy atom. The number of hydrogen-bond acceptors (Lipinski definition) is 7. The first-order valence-electron chi connectivity index (χ1n) is 5.47. The van der Waals surface area contributed by atoms with Gasteiger partial charge in [-0.1, -0.05) is 5.92 Å². The molecule has 1 fully saturated rings. The maximum Gasteiger partial charge on any atom is 0.346 e. The molecule has 0 saturated carbocycles. The summed E-state index contributed by atoms with van der Waals surface area (Å²) in [6.45, 7) is -0.553. The Hall–Kier alpha value is -1.92. The number of hydrogen-bond donors (Lipinski definition) is 5. The van der Waals surface area contributed by atoms with Gasteiger partial charge in [-0.3, -0.25) is 4.98 Å². The molecule has 0 bridgehead atoms. The molecule has 1 aromatic rings. The number of nitrogens with one attached hydrogen (secondary N) is 2. The van der Waals surface area contributed by atoms with E-state index in [-0.39, 0.29) is 5.82 Å². The van der Waals surface area contributed by atoms with Crippen molar-refractivity contribution in [2.24, 2.45) is 0 Å². The third-order valence-electron chi connectivity index (χ3n) is 2.91. The molecule has 8 nitrogen and oxygen atoms in total. The van der Waals surface area contributed by atoms with Crippen LogP contribution in [0.3, 0.4) is 0 Å². The number of rotatable bonds is 3. The first-order chi connectivity index (χ1) is 9.01. The minimum atomic E-state index is -2.00. The predicted octanol–water partition coefficient (Wildman–Crippen LogP) is -2.38. The summed E-state index contributed by atoms with van der Waals surface area (Å²) in [5.41, 5.74) is -2.58. The molecule has 0 spiro atoms. The summed E-state index contributed by atoms with van der Waals surface area (Å²) < 4.78 is 5.23. The van der Waals surface area contributed by atoms with E-state index >= 15 is 0 Å². The van der Waals surface area contributed by atoms with Crippen LogP contribution in [0.4, 0.5) is 5.82 Å². The highest BCUT2D eigenvalue weighted by Crippen LogP contribution is 2.30. The number of anilines is 1. The Morgan fingerprint density at radius 1 is 1.68 bits per heavy atom. The number of terminal acetylenes is 1. The fourth-order valence-electron chi connectivity index (χ4n) is 1.86. The van der Waals surface area contributed by atoms with Crippen molar-refractivity contribution in [3.8, 4) is 12.3 Å². The molecule has 1 saturated heterocycles. The van der Waals surface area contributed by atoms with E-state index in [2.05, 4.69) is 15.3 Å². The van der Waals surface area contributed by atoms with Gasteiger partial charge in [0.1, 0.15) is 18.0 Å². The normalized spacial score (nSPS) is 33.9. The van der Waals surface area contributed by atoms with Crippen LogP contribution in [0, 0.1) is 12.3 Å². The molecule has 0 aliphatic carbocycles. The molecule has 19 heavy (non-hydrogen) atoms. The molecule has 2 rings (SSSR count). The predicted molar refractivity (Wildman–Crippen MR) is 64.0 cm³/mol. The van der Waals surface area contributed by atoms with E-state index in [1.165, 1.54) is 12.3 Å². The SMILES string of the molecule is C#C[C@]1(O)[C@H](O)[C@H](Nc2ccnc(=O)[nH]2)O[C@@H]1CO. The summed E-state index contributed by atoms with van der Waals surface area (Å²) in [7, 11) is 0. The van der Waals surface area contributed by atoms with E-state index < -0.39 is 36.3 Å². The summed E-state index contributed by atoms with van der Waals surface area (Å²) in [6.07, 6.45) is 2.76. The van der Waals surface area contributed by atoms with Crippen LogP contribution < -0.4 is 11.0 Å². The molecule has 1 aliphatic heterocycles. The molecule has 2 heterocycles. The van der Waals surface area contributed by atoms with Gasteiger partial charge in [0.25, 0.3) is 0 Å². The van der Waals surface area contributed by atoms with Crippen molar-refractivity contribution in [3.05, 3.63) is 22.7 Å². The van der Waals surface area contributed by atoms with Crippen LogP contribution in [0.1, 0.15) is 0 Å². The lowest BCUT2D eigenvalue weighted by Crippen LogP contribution is -2.49. The summed E-state index contributed by atoms with van der Waals surface area (Å²) in [5.74, 6) is 2.25. The topological polar surface area (TPSA) is 128 Å². The van der Waals surface area contributed by atoms with Crippen LogP contribution in [-0.4, -0.2) is 55.9 Å². The van der Waals surface area contributed by atoms with Crippen LogP contribution in [0.5, 0.6) is 0 Å². The molecule has 4 atom stereocenters. The molecule has 1 aliphatic rings. The lowest BCUT2D eigenvalue weighted by Gasteiger charge is -2.24. The zero-order valence-electron chi connectivity index (χ0n) is 9.78. The van der Waals surface area contributed by atoms with Gasteiger partial charge in [0, 0.05) is 6.20 Å². The lowest BCUT2D eigenvalue weighted by atomic mass is 9.93. The first-order valence-corrected chi connectivity index (χ1v) is 5.47. The van der Waals surface area contributed by atoms with Gasteiger partial charge in [0.15, 0.2) is 11.8 Å². The summed E-state index contributed by atoms with van der Waals surface area (Å²) in [6, 6.07) is 1.44. The van der Waals surface area contributed by atoms with Crippen LogP contribution in [0.25, 0.3) is 0 Å². The van der Waals surface area contributed by atoms with Crippen LogP contribution >= 0.6 is 0 Å². The van der Waals surface area contributed by atoms with Crippen LogP contribution in [0.2, 0.25) is 0 Å². The van der Waals surface area contributed by atoms with Crippen molar-refractivity contribution in [3.63, 3.8) is 0 Å². The molecular weight excluding hydrogens is 254 g/mol. The number of nitrogens with zero attached hydrogens (tertiary/aromatic N) is 1. The number of aliphatic hydroxyl groups is 3. The van der Waals surface area contributed by atoms with Crippen molar-refractivity contribution in [2.75, 3.05) is 11.9 Å². The highest BCUT2D eigenvalue weighted by atomic mass is 16.6. The second kappa shape index (κ2) is 4.99. The highest BCUT2D eigenvalue weighted by Gasteiger charge is 2.54. The molecule has 8 heteroatoms. The van der Waals surface area contributed by atoms with Gasteiger partial charge in [0.05, 0.1) is 6.61 Å². The number of H-pyrrole nitrogens is 1. The van der Waals surface area contributed by atoms with Crippen molar-refractivity contribution in [1.29, 1.82) is 0 Å². The van der Waals surface area contributed by atoms with Gasteiger partial charge in [0.2, 0.25) is 0 Å². The Kier molecular flexibility index (Phi) is 3.55. The number of aromatic amines is 1. The largest absolute Gasteiger partial charge is 0.394 e. The smallest absolute Gasteiger partial charge is 0.346 e. The molecule has 0 unspecified atom stereocenters. The highest BCUT2D eigenvalue weighted by molar-refractivity contribution is 5.35. The van der Waals surface area contributed by atoms with Gasteiger partial charge in [-0.2, -0.15) is 0 Å². The van der Waals surface area contributed by atoms with E-state index in [9.17, 15) is 15.0 Å². The first kappa shape index (κ1) is 13.5. The maximum absolute atomic E-state index is 11.0. The number of ether oxygens (including phenoxy) is 1. The number of aromatic nitrogens is 2. The Bertz CT molecular complexity index is 554. The van der Waals surface area contributed by atoms with Gasteiger partial charge < -0.3 is 25.4 Å². The van der Waals surface area contributed by atoms with E-state index in [1.807, 2.05) is 5.92 Å². The van der Waals surface area contributed by atoms with Gasteiger partial charge in [-0.05, 0) is 6.07 Å². The fourth-order valence-corrected chi connectivity index (χ4v) is 1.86. The maximum atomic E-state index is 11.0. The second-order valence-corrected chi connectivity index (χ2v) is 4.08. The molecule has 5 N–H and O–H groups in total. The molecular formula is C11H13N3O5. The number of aliphatic hydroxyl groups excluding tert-OH is 2. The quantitative estimate of drug-likeness (QED) is 0.387. The van der Waals surface area contributed by atoms with Crippen molar-refractivity contribution < 1.29 is 20.1 Å². The molecule has 0 amide bonds. The van der Waals surface area contributed by atoms with Crippen LogP contribution in [-0.2, 0) is 4.74 Å². The lowest BCUT2D eigenvalue weighted by molar-refractivity contribution is -0.0527. The second-order valence-electron chi connectivity index (χ2n) is 4.08. The molecule has 102 valence electrons. The van der Waals surface area contributed by atoms with E-state index in [0.29, 0.717) is 0 Å². The summed E-state index contributed by atoms with van der Waals surface area (Å²) in [4.78, 5) is 16.8. The molecule has 0 radical (unpaired) electrons. The average molecular weight is 267 g/mol. The summed E-state index contributed by atoms with van der Waals surface area (Å²) >= 11 is 0. The van der Waals surface area contributed by atoms with Gasteiger partial charge in [-0.25, -0.2) is 9.78 Å². The summed E-state index contributed by atoms with van der Waals surface area (Å²) in [5, 5.41) is 31.7. The minimum absolute atomic E-state index is 0.238.